The van der Waals surface area contributed by atoms with Crippen LogP contribution in [0.5, 0.6) is 17.2 Å². The maximum Gasteiger partial charge on any atom is 0.347 e. The summed E-state index contributed by atoms with van der Waals surface area (Å²) in [5, 5.41) is 0. The minimum atomic E-state index is -0.498. The third-order valence-electron chi connectivity index (χ3n) is 3.15. The van der Waals surface area contributed by atoms with Crippen molar-refractivity contribution in [3.05, 3.63) is 84.4 Å². The summed E-state index contributed by atoms with van der Waals surface area (Å²) in [6.45, 7) is 0. The molecule has 114 valence electrons. The summed E-state index contributed by atoms with van der Waals surface area (Å²) < 4.78 is 11.1. The van der Waals surface area contributed by atoms with Crippen molar-refractivity contribution in [2.75, 3.05) is 5.73 Å². The Bertz CT molecular complexity index is 801. The second-order valence-electron chi connectivity index (χ2n) is 4.87. The largest absolute Gasteiger partial charge is 0.456 e. The van der Waals surface area contributed by atoms with Gasteiger partial charge in [0.1, 0.15) is 22.8 Å². The van der Waals surface area contributed by atoms with E-state index < -0.39 is 5.97 Å². The summed E-state index contributed by atoms with van der Waals surface area (Å²) in [5.41, 5.74) is 6.62. The fraction of sp³-hybridized carbons (Fsp3) is 0. The van der Waals surface area contributed by atoms with E-state index in [2.05, 4.69) is 0 Å². The number of ether oxygens (including phenoxy) is 2. The number of esters is 1. The number of nitrogen functional groups attached to an aromatic ring is 1. The first-order valence-electron chi connectivity index (χ1n) is 7.12. The second kappa shape index (κ2) is 6.66. The molecule has 3 aromatic carbocycles. The first-order valence-corrected chi connectivity index (χ1v) is 7.12. The summed E-state index contributed by atoms with van der Waals surface area (Å²) in [5.74, 6) is 0.950. The first-order chi connectivity index (χ1) is 11.2. The van der Waals surface area contributed by atoms with Crippen LogP contribution < -0.4 is 15.2 Å². The molecule has 0 aliphatic rings. The number of rotatable bonds is 4. The molecule has 0 bridgehead atoms. The Hall–Kier alpha value is -3.27. The highest BCUT2D eigenvalue weighted by Gasteiger charge is 2.16. The Labute approximate surface area is 134 Å². The Morgan fingerprint density at radius 1 is 0.783 bits per heavy atom. The van der Waals surface area contributed by atoms with E-state index in [4.69, 9.17) is 15.2 Å². The predicted molar refractivity (Wildman–Crippen MR) is 88.8 cm³/mol. The van der Waals surface area contributed by atoms with E-state index in [0.717, 1.165) is 0 Å². The maximum atomic E-state index is 12.4. The first kappa shape index (κ1) is 14.7. The van der Waals surface area contributed by atoms with Crippen molar-refractivity contribution in [1.29, 1.82) is 0 Å². The van der Waals surface area contributed by atoms with E-state index in [1.165, 1.54) is 0 Å². The number of anilines is 1. The van der Waals surface area contributed by atoms with Crippen LogP contribution in [0.4, 0.5) is 5.69 Å². The molecule has 0 spiro atoms. The van der Waals surface area contributed by atoms with E-state index in [1.807, 2.05) is 24.3 Å². The van der Waals surface area contributed by atoms with Gasteiger partial charge in [0.05, 0.1) is 0 Å². The smallest absolute Gasteiger partial charge is 0.347 e. The molecule has 4 heteroatoms. The van der Waals surface area contributed by atoms with E-state index in [1.54, 1.807) is 54.6 Å². The van der Waals surface area contributed by atoms with Crippen LogP contribution >= 0.6 is 0 Å². The molecule has 0 fully saturated rings. The second-order valence-corrected chi connectivity index (χ2v) is 4.87. The van der Waals surface area contributed by atoms with Crippen molar-refractivity contribution in [2.45, 2.75) is 0 Å². The molecule has 0 radical (unpaired) electrons. The van der Waals surface area contributed by atoms with Crippen LogP contribution in [0.15, 0.2) is 78.9 Å². The topological polar surface area (TPSA) is 61.6 Å². The van der Waals surface area contributed by atoms with Crippen molar-refractivity contribution >= 4 is 11.7 Å². The van der Waals surface area contributed by atoms with Crippen LogP contribution in [0.2, 0.25) is 0 Å². The average Bonchev–Trinajstić information content (AvgIpc) is 2.57. The lowest BCUT2D eigenvalue weighted by atomic mass is 10.2. The molecule has 0 unspecified atom stereocenters. The number of para-hydroxylation sites is 2. The SMILES string of the molecule is Nc1ccc(C(=O)Oc2ccccc2)c(Oc2ccccc2)c1. The lowest BCUT2D eigenvalue weighted by Gasteiger charge is -2.11. The van der Waals surface area contributed by atoms with Crippen molar-refractivity contribution < 1.29 is 14.3 Å². The summed E-state index contributed by atoms with van der Waals surface area (Å²) in [4.78, 5) is 12.4. The van der Waals surface area contributed by atoms with Crippen LogP contribution in [-0.2, 0) is 0 Å². The lowest BCUT2D eigenvalue weighted by molar-refractivity contribution is 0.0732. The third-order valence-corrected chi connectivity index (χ3v) is 3.15. The molecule has 0 saturated carbocycles. The minimum absolute atomic E-state index is 0.312. The number of nitrogens with two attached hydrogens (primary N) is 1. The van der Waals surface area contributed by atoms with Crippen molar-refractivity contribution in [1.82, 2.24) is 0 Å². The zero-order chi connectivity index (χ0) is 16.1. The number of carbonyl (C=O) groups excluding carboxylic acids is 1. The normalized spacial score (nSPS) is 10.1. The summed E-state index contributed by atoms with van der Waals surface area (Å²) >= 11 is 0. The molecule has 3 rings (SSSR count). The van der Waals surface area contributed by atoms with Gasteiger partial charge in [-0.25, -0.2) is 4.79 Å². The van der Waals surface area contributed by atoms with Gasteiger partial charge < -0.3 is 15.2 Å². The van der Waals surface area contributed by atoms with Crippen molar-refractivity contribution in [3.8, 4) is 17.2 Å². The van der Waals surface area contributed by atoms with Gasteiger partial charge in [-0.3, -0.25) is 0 Å². The van der Waals surface area contributed by atoms with Gasteiger partial charge in [0.2, 0.25) is 0 Å². The molecule has 0 aliphatic heterocycles. The number of hydrogen-bond donors (Lipinski definition) is 1. The van der Waals surface area contributed by atoms with Crippen LogP contribution in [0.3, 0.4) is 0 Å². The zero-order valence-corrected chi connectivity index (χ0v) is 12.3. The van der Waals surface area contributed by atoms with E-state index in [9.17, 15) is 4.79 Å². The Morgan fingerprint density at radius 3 is 2.04 bits per heavy atom. The summed E-state index contributed by atoms with van der Waals surface area (Å²) in [7, 11) is 0. The molecular formula is C19H15NO3. The lowest BCUT2D eigenvalue weighted by Crippen LogP contribution is -2.10. The Morgan fingerprint density at radius 2 is 1.39 bits per heavy atom. The van der Waals surface area contributed by atoms with E-state index >= 15 is 0 Å². The van der Waals surface area contributed by atoms with Gasteiger partial charge in [0, 0.05) is 11.8 Å². The number of benzene rings is 3. The molecule has 0 heterocycles. The Balaban J connectivity index is 1.88. The fourth-order valence-electron chi connectivity index (χ4n) is 2.06. The Kier molecular flexibility index (Phi) is 4.25. The summed E-state index contributed by atoms with van der Waals surface area (Å²) in [6, 6.07) is 22.9. The van der Waals surface area contributed by atoms with Gasteiger partial charge in [-0.05, 0) is 36.4 Å². The molecule has 23 heavy (non-hydrogen) atoms. The molecule has 0 aromatic heterocycles. The van der Waals surface area contributed by atoms with Crippen LogP contribution in [-0.4, -0.2) is 5.97 Å². The van der Waals surface area contributed by atoms with Crippen LogP contribution in [0.25, 0.3) is 0 Å². The highest BCUT2D eigenvalue weighted by atomic mass is 16.5. The predicted octanol–water partition coefficient (Wildman–Crippen LogP) is 4.28. The van der Waals surface area contributed by atoms with Gasteiger partial charge in [0.25, 0.3) is 0 Å². The monoisotopic (exact) mass is 305 g/mol. The molecule has 4 nitrogen and oxygen atoms in total. The molecule has 0 saturated heterocycles. The van der Waals surface area contributed by atoms with Crippen LogP contribution in [0, 0.1) is 0 Å². The molecule has 3 aromatic rings. The van der Waals surface area contributed by atoms with Gasteiger partial charge in [0.15, 0.2) is 0 Å². The summed E-state index contributed by atoms with van der Waals surface area (Å²) in [6.07, 6.45) is 0. The van der Waals surface area contributed by atoms with Gasteiger partial charge in [-0.15, -0.1) is 0 Å². The highest BCUT2D eigenvalue weighted by Crippen LogP contribution is 2.28. The van der Waals surface area contributed by atoms with Crippen molar-refractivity contribution in [2.24, 2.45) is 0 Å². The van der Waals surface area contributed by atoms with E-state index in [-0.39, 0.29) is 0 Å². The number of hydrogen-bond acceptors (Lipinski definition) is 4. The third kappa shape index (κ3) is 3.68. The number of carbonyl (C=O) groups is 1. The standard InChI is InChI=1S/C19H15NO3/c20-14-11-12-17(19(21)23-16-9-5-2-6-10-16)18(13-14)22-15-7-3-1-4-8-15/h1-13H,20H2. The van der Waals surface area contributed by atoms with Crippen molar-refractivity contribution in [3.63, 3.8) is 0 Å². The highest BCUT2D eigenvalue weighted by molar-refractivity contribution is 5.94. The molecular weight excluding hydrogens is 290 g/mol. The van der Waals surface area contributed by atoms with Gasteiger partial charge in [-0.2, -0.15) is 0 Å². The molecule has 0 amide bonds. The van der Waals surface area contributed by atoms with E-state index in [0.29, 0.717) is 28.5 Å². The quantitative estimate of drug-likeness (QED) is 0.444. The van der Waals surface area contributed by atoms with Crippen LogP contribution in [0.1, 0.15) is 10.4 Å². The molecule has 0 atom stereocenters. The zero-order valence-electron chi connectivity index (χ0n) is 12.3. The molecule has 0 aliphatic carbocycles. The fourth-order valence-corrected chi connectivity index (χ4v) is 2.06. The maximum absolute atomic E-state index is 12.4. The van der Waals surface area contributed by atoms with Gasteiger partial charge >= 0.3 is 5.97 Å². The van der Waals surface area contributed by atoms with Gasteiger partial charge in [-0.1, -0.05) is 36.4 Å². The average molecular weight is 305 g/mol. The minimum Gasteiger partial charge on any atom is -0.456 e. The molecule has 2 N–H and O–H groups in total.